The molecule has 106 valence electrons. The van der Waals surface area contributed by atoms with Crippen LogP contribution in [0.4, 0.5) is 5.69 Å². The molecule has 2 atom stereocenters. The summed E-state index contributed by atoms with van der Waals surface area (Å²) in [7, 11) is 0. The average molecular weight is 268 g/mol. The molecule has 2 unspecified atom stereocenters. The topological polar surface area (TPSA) is 24.9 Å². The minimum Gasteiger partial charge on any atom is -0.381 e. The Bertz CT molecular complexity index is 595. The molecule has 3 rings (SSSR count). The first-order valence-corrected chi connectivity index (χ1v) is 7.74. The Morgan fingerprint density at radius 2 is 1.75 bits per heavy atom. The molecule has 0 saturated heterocycles. The van der Waals surface area contributed by atoms with Crippen LogP contribution in [0.15, 0.2) is 30.3 Å². The summed E-state index contributed by atoms with van der Waals surface area (Å²) in [5.74, 6) is 1.64. The van der Waals surface area contributed by atoms with Crippen molar-refractivity contribution in [2.45, 2.75) is 46.1 Å². The molecule has 1 heterocycles. The zero-order chi connectivity index (χ0) is 14.1. The van der Waals surface area contributed by atoms with Crippen LogP contribution >= 0.6 is 0 Å². The first-order valence-electron chi connectivity index (χ1n) is 7.74. The van der Waals surface area contributed by atoms with Crippen molar-refractivity contribution >= 4 is 16.6 Å². The standard InChI is InChI=1S/C18H24N2/c1-12-9-13(2)11-16(10-12)20-17-6-4-5-15-8-7-14(3)19-18(15)17/h4-8,12-13,16,20H,9-11H2,1-3H3. The number of rotatable bonds is 2. The lowest BCUT2D eigenvalue weighted by Crippen LogP contribution is -2.30. The first kappa shape index (κ1) is 13.4. The van der Waals surface area contributed by atoms with Crippen molar-refractivity contribution in [3.8, 4) is 0 Å². The van der Waals surface area contributed by atoms with Crippen LogP contribution in [0.2, 0.25) is 0 Å². The Hall–Kier alpha value is -1.57. The van der Waals surface area contributed by atoms with Gasteiger partial charge in [-0.2, -0.15) is 0 Å². The number of hydrogen-bond donors (Lipinski definition) is 1. The fraction of sp³-hybridized carbons (Fsp3) is 0.500. The number of fused-ring (bicyclic) bond motifs is 1. The zero-order valence-corrected chi connectivity index (χ0v) is 12.7. The molecule has 2 aromatic rings. The monoisotopic (exact) mass is 268 g/mol. The summed E-state index contributed by atoms with van der Waals surface area (Å²) in [5.41, 5.74) is 3.38. The smallest absolute Gasteiger partial charge is 0.0936 e. The molecule has 1 fully saturated rings. The summed E-state index contributed by atoms with van der Waals surface area (Å²) in [5, 5.41) is 4.97. The average Bonchev–Trinajstić information content (AvgIpc) is 2.38. The Kier molecular flexibility index (Phi) is 3.64. The molecule has 0 aliphatic heterocycles. The molecular formula is C18H24N2. The highest BCUT2D eigenvalue weighted by Gasteiger charge is 2.24. The van der Waals surface area contributed by atoms with Gasteiger partial charge in [0, 0.05) is 17.1 Å². The van der Waals surface area contributed by atoms with Gasteiger partial charge in [0.1, 0.15) is 0 Å². The van der Waals surface area contributed by atoms with Gasteiger partial charge in [0.15, 0.2) is 0 Å². The lowest BCUT2D eigenvalue weighted by atomic mass is 9.80. The van der Waals surface area contributed by atoms with Crippen LogP contribution < -0.4 is 5.32 Å². The van der Waals surface area contributed by atoms with Crippen molar-refractivity contribution in [3.63, 3.8) is 0 Å². The number of benzene rings is 1. The summed E-state index contributed by atoms with van der Waals surface area (Å²) in [6.07, 6.45) is 3.91. The number of aryl methyl sites for hydroxylation is 1. The molecule has 2 nitrogen and oxygen atoms in total. The third-order valence-corrected chi connectivity index (χ3v) is 4.40. The highest BCUT2D eigenvalue weighted by atomic mass is 14.9. The predicted octanol–water partition coefficient (Wildman–Crippen LogP) is 4.78. The van der Waals surface area contributed by atoms with Gasteiger partial charge >= 0.3 is 0 Å². The van der Waals surface area contributed by atoms with E-state index in [1.54, 1.807) is 0 Å². The van der Waals surface area contributed by atoms with Crippen molar-refractivity contribution < 1.29 is 0 Å². The SMILES string of the molecule is Cc1ccc2cccc(NC3CC(C)CC(C)C3)c2n1. The van der Waals surface area contributed by atoms with E-state index in [-0.39, 0.29) is 0 Å². The van der Waals surface area contributed by atoms with E-state index in [2.05, 4.69) is 56.4 Å². The second kappa shape index (κ2) is 5.43. The second-order valence-electron chi connectivity index (χ2n) is 6.59. The van der Waals surface area contributed by atoms with E-state index in [0.29, 0.717) is 6.04 Å². The first-order chi connectivity index (χ1) is 9.61. The third-order valence-electron chi connectivity index (χ3n) is 4.40. The van der Waals surface area contributed by atoms with Crippen LogP contribution in [0.5, 0.6) is 0 Å². The Morgan fingerprint density at radius 1 is 1.00 bits per heavy atom. The highest BCUT2D eigenvalue weighted by molar-refractivity contribution is 5.90. The van der Waals surface area contributed by atoms with E-state index in [9.17, 15) is 0 Å². The normalized spacial score (nSPS) is 26.6. The van der Waals surface area contributed by atoms with Crippen molar-refractivity contribution in [2.24, 2.45) is 11.8 Å². The van der Waals surface area contributed by atoms with Crippen molar-refractivity contribution in [3.05, 3.63) is 36.0 Å². The lowest BCUT2D eigenvalue weighted by molar-refractivity contribution is 0.281. The van der Waals surface area contributed by atoms with Crippen LogP contribution in [-0.2, 0) is 0 Å². The summed E-state index contributed by atoms with van der Waals surface area (Å²) >= 11 is 0. The summed E-state index contributed by atoms with van der Waals surface area (Å²) in [4.78, 5) is 4.72. The molecule has 1 aliphatic carbocycles. The quantitative estimate of drug-likeness (QED) is 0.847. The van der Waals surface area contributed by atoms with Gasteiger partial charge in [-0.1, -0.05) is 32.0 Å². The number of nitrogens with zero attached hydrogens (tertiary/aromatic N) is 1. The Labute approximate surface area is 121 Å². The van der Waals surface area contributed by atoms with Gasteiger partial charge in [-0.05, 0) is 50.2 Å². The Balaban J connectivity index is 1.88. The van der Waals surface area contributed by atoms with Gasteiger partial charge in [0.2, 0.25) is 0 Å². The van der Waals surface area contributed by atoms with Gasteiger partial charge < -0.3 is 5.32 Å². The van der Waals surface area contributed by atoms with Crippen LogP contribution in [0.25, 0.3) is 10.9 Å². The fourth-order valence-electron chi connectivity index (χ4n) is 3.65. The van der Waals surface area contributed by atoms with Gasteiger partial charge in [-0.3, -0.25) is 4.98 Å². The minimum absolute atomic E-state index is 0.585. The molecule has 20 heavy (non-hydrogen) atoms. The van der Waals surface area contributed by atoms with Gasteiger partial charge in [0.25, 0.3) is 0 Å². The van der Waals surface area contributed by atoms with Crippen molar-refractivity contribution in [1.29, 1.82) is 0 Å². The molecule has 1 aliphatic rings. The molecule has 1 N–H and O–H groups in total. The molecule has 0 radical (unpaired) electrons. The van der Waals surface area contributed by atoms with E-state index in [0.717, 1.165) is 23.0 Å². The van der Waals surface area contributed by atoms with Crippen LogP contribution in [0.3, 0.4) is 0 Å². The van der Waals surface area contributed by atoms with Crippen LogP contribution in [0.1, 0.15) is 38.8 Å². The number of para-hydroxylation sites is 1. The number of aromatic nitrogens is 1. The third kappa shape index (κ3) is 2.79. The summed E-state index contributed by atoms with van der Waals surface area (Å²) < 4.78 is 0. The molecule has 1 saturated carbocycles. The predicted molar refractivity (Wildman–Crippen MR) is 86.1 cm³/mol. The second-order valence-corrected chi connectivity index (χ2v) is 6.59. The number of hydrogen-bond acceptors (Lipinski definition) is 2. The van der Waals surface area contributed by atoms with E-state index in [4.69, 9.17) is 4.98 Å². The lowest BCUT2D eigenvalue weighted by Gasteiger charge is -2.32. The summed E-state index contributed by atoms with van der Waals surface area (Å²) in [6, 6.07) is 11.3. The van der Waals surface area contributed by atoms with Crippen LogP contribution in [-0.4, -0.2) is 11.0 Å². The molecule has 0 amide bonds. The van der Waals surface area contributed by atoms with Gasteiger partial charge in [0.05, 0.1) is 11.2 Å². The number of pyridine rings is 1. The molecular weight excluding hydrogens is 244 g/mol. The van der Waals surface area contributed by atoms with Gasteiger partial charge in [-0.15, -0.1) is 0 Å². The maximum absolute atomic E-state index is 4.72. The zero-order valence-electron chi connectivity index (χ0n) is 12.7. The van der Waals surface area contributed by atoms with E-state index in [1.165, 1.54) is 30.3 Å². The number of anilines is 1. The van der Waals surface area contributed by atoms with E-state index >= 15 is 0 Å². The van der Waals surface area contributed by atoms with Crippen molar-refractivity contribution in [1.82, 2.24) is 4.98 Å². The fourth-order valence-corrected chi connectivity index (χ4v) is 3.65. The van der Waals surface area contributed by atoms with E-state index < -0.39 is 0 Å². The maximum Gasteiger partial charge on any atom is 0.0936 e. The van der Waals surface area contributed by atoms with Crippen LogP contribution in [0, 0.1) is 18.8 Å². The largest absolute Gasteiger partial charge is 0.381 e. The van der Waals surface area contributed by atoms with Crippen molar-refractivity contribution in [2.75, 3.05) is 5.32 Å². The van der Waals surface area contributed by atoms with Gasteiger partial charge in [-0.25, -0.2) is 0 Å². The molecule has 2 heteroatoms. The number of nitrogens with one attached hydrogen (secondary N) is 1. The molecule has 1 aromatic heterocycles. The molecule has 1 aromatic carbocycles. The maximum atomic E-state index is 4.72. The Morgan fingerprint density at radius 3 is 2.50 bits per heavy atom. The van der Waals surface area contributed by atoms with E-state index in [1.807, 2.05) is 0 Å². The molecule has 0 spiro atoms. The molecule has 0 bridgehead atoms. The highest BCUT2D eigenvalue weighted by Crippen LogP contribution is 2.32. The minimum atomic E-state index is 0.585. The summed E-state index contributed by atoms with van der Waals surface area (Å²) in [6.45, 7) is 6.80.